The van der Waals surface area contributed by atoms with E-state index in [0.29, 0.717) is 29.0 Å². The van der Waals surface area contributed by atoms with Gasteiger partial charge in [-0.2, -0.15) is 10.2 Å². The van der Waals surface area contributed by atoms with Gasteiger partial charge in [-0.15, -0.1) is 0 Å². The molecule has 2 aliphatic rings. The van der Waals surface area contributed by atoms with E-state index in [1.807, 2.05) is 54.7 Å². The van der Waals surface area contributed by atoms with Crippen LogP contribution in [0.3, 0.4) is 0 Å². The van der Waals surface area contributed by atoms with Crippen molar-refractivity contribution in [1.82, 2.24) is 34.7 Å². The molecule has 2 unspecified atom stereocenters. The number of anilines is 1. The summed E-state index contributed by atoms with van der Waals surface area (Å²) in [4.78, 5) is 13.7. The summed E-state index contributed by atoms with van der Waals surface area (Å²) in [7, 11) is 2.17. The number of rotatable bonds is 4. The maximum absolute atomic E-state index is 15.8. The van der Waals surface area contributed by atoms with Gasteiger partial charge in [0.2, 0.25) is 0 Å². The summed E-state index contributed by atoms with van der Waals surface area (Å²) in [6.45, 7) is 1.97. The number of aromatic nitrogens is 6. The van der Waals surface area contributed by atoms with Gasteiger partial charge in [-0.25, -0.2) is 13.9 Å². The third-order valence-electron chi connectivity index (χ3n) is 8.30. The summed E-state index contributed by atoms with van der Waals surface area (Å²) in [5.41, 5.74) is 7.12. The predicted molar refractivity (Wildman–Crippen MR) is 149 cm³/mol. The molecule has 0 radical (unpaired) electrons. The van der Waals surface area contributed by atoms with E-state index in [-0.39, 0.29) is 5.82 Å². The zero-order valence-corrected chi connectivity index (χ0v) is 21.3. The number of halogens is 1. The average molecular weight is 517 g/mol. The second-order valence-corrected chi connectivity index (χ2v) is 10.5. The van der Waals surface area contributed by atoms with E-state index in [1.54, 1.807) is 29.2 Å². The van der Waals surface area contributed by atoms with Gasteiger partial charge in [-0.1, -0.05) is 12.1 Å². The minimum atomic E-state index is -0.268. The van der Waals surface area contributed by atoms with Crippen LogP contribution in [0.25, 0.3) is 50.2 Å². The Balaban J connectivity index is 1.30. The minimum Gasteiger partial charge on any atom is -0.366 e. The normalized spacial score (nSPS) is 19.1. The van der Waals surface area contributed by atoms with Crippen LogP contribution in [0, 0.1) is 5.82 Å². The van der Waals surface area contributed by atoms with E-state index in [2.05, 4.69) is 32.0 Å². The molecule has 0 aliphatic carbocycles. The molecule has 2 aromatic carbocycles. The van der Waals surface area contributed by atoms with Crippen molar-refractivity contribution in [3.05, 3.63) is 85.2 Å². The highest BCUT2D eigenvalue weighted by atomic mass is 19.1. The van der Waals surface area contributed by atoms with Crippen molar-refractivity contribution in [2.75, 3.05) is 25.0 Å². The molecule has 8 rings (SSSR count). The summed E-state index contributed by atoms with van der Waals surface area (Å²) in [6, 6.07) is 18.3. The monoisotopic (exact) mass is 516 g/mol. The van der Waals surface area contributed by atoms with Crippen LogP contribution >= 0.6 is 0 Å². The molecule has 0 saturated carbocycles. The highest BCUT2D eigenvalue weighted by molar-refractivity contribution is 6.02. The number of hydrogen-bond donors (Lipinski definition) is 1. The highest BCUT2D eigenvalue weighted by Gasteiger charge is 2.41. The molecule has 2 bridgehead atoms. The molecule has 8 nitrogen and oxygen atoms in total. The quantitative estimate of drug-likeness (QED) is 0.354. The van der Waals surface area contributed by atoms with Gasteiger partial charge in [-0.3, -0.25) is 15.0 Å². The summed E-state index contributed by atoms with van der Waals surface area (Å²) in [6.07, 6.45) is 8.18. The Morgan fingerprint density at radius 1 is 0.949 bits per heavy atom. The molecule has 6 aromatic rings. The van der Waals surface area contributed by atoms with E-state index in [0.717, 1.165) is 58.5 Å². The van der Waals surface area contributed by atoms with Gasteiger partial charge in [0.15, 0.2) is 5.65 Å². The molecule has 39 heavy (non-hydrogen) atoms. The maximum Gasteiger partial charge on any atom is 0.164 e. The molecule has 0 amide bonds. The maximum atomic E-state index is 15.8. The standard InChI is InChI=1S/C30H25FN8/c1-37-16-21-13-20(37)17-38(21)19-5-6-23(25(31)14-19)27-9-12-33-30-28(22-3-2-4-26-24(22)15-34-35-26)29(36-39(27)30)18-7-10-32-11-8-18/h2-12,14-15,20-21H,13,16-17H2,1H3,(H,34,35). The molecule has 2 fully saturated rings. The summed E-state index contributed by atoms with van der Waals surface area (Å²) in [5.74, 6) is -0.268. The Bertz CT molecular complexity index is 1860. The van der Waals surface area contributed by atoms with Crippen LogP contribution in [0.4, 0.5) is 10.1 Å². The summed E-state index contributed by atoms with van der Waals surface area (Å²) < 4.78 is 17.6. The molecule has 9 heteroatoms. The number of piperazine rings is 1. The first-order valence-electron chi connectivity index (χ1n) is 13.1. The fourth-order valence-electron chi connectivity index (χ4n) is 6.37. The van der Waals surface area contributed by atoms with Crippen molar-refractivity contribution >= 4 is 22.2 Å². The first-order valence-corrected chi connectivity index (χ1v) is 13.1. The Kier molecular flexibility index (Phi) is 4.84. The molecule has 4 aromatic heterocycles. The van der Waals surface area contributed by atoms with Gasteiger partial charge >= 0.3 is 0 Å². The third kappa shape index (κ3) is 3.39. The number of hydrogen-bond acceptors (Lipinski definition) is 6. The van der Waals surface area contributed by atoms with Crippen molar-refractivity contribution in [3.8, 4) is 33.6 Å². The lowest BCUT2D eigenvalue weighted by molar-refractivity contribution is 0.292. The second-order valence-electron chi connectivity index (χ2n) is 10.5. The van der Waals surface area contributed by atoms with E-state index < -0.39 is 0 Å². The summed E-state index contributed by atoms with van der Waals surface area (Å²) >= 11 is 0. The molecule has 2 aliphatic heterocycles. The Morgan fingerprint density at radius 2 is 1.85 bits per heavy atom. The zero-order chi connectivity index (χ0) is 26.1. The summed E-state index contributed by atoms with van der Waals surface area (Å²) in [5, 5.41) is 13.3. The fourth-order valence-corrected chi connectivity index (χ4v) is 6.37. The molecule has 2 atom stereocenters. The second kappa shape index (κ2) is 8.44. The molecule has 2 saturated heterocycles. The first-order chi connectivity index (χ1) is 19.2. The Hall–Kier alpha value is -4.63. The fraction of sp³-hybridized carbons (Fsp3) is 0.200. The van der Waals surface area contributed by atoms with E-state index in [1.165, 1.54) is 0 Å². The minimum absolute atomic E-state index is 0.268. The number of likely N-dealkylation sites (N-methyl/N-ethyl adjacent to an activating group) is 1. The molecule has 6 heterocycles. The Morgan fingerprint density at radius 3 is 2.64 bits per heavy atom. The average Bonchev–Trinajstić information content (AvgIpc) is 3.75. The number of benzene rings is 2. The van der Waals surface area contributed by atoms with E-state index in [9.17, 15) is 0 Å². The van der Waals surface area contributed by atoms with Gasteiger partial charge in [-0.05, 0) is 61.5 Å². The van der Waals surface area contributed by atoms with Gasteiger partial charge in [0.05, 0.1) is 23.0 Å². The number of likely N-dealkylation sites (tertiary alicyclic amines) is 1. The number of pyridine rings is 1. The number of nitrogens with one attached hydrogen (secondary N) is 1. The molecule has 192 valence electrons. The molecular formula is C30H25FN8. The highest BCUT2D eigenvalue weighted by Crippen LogP contribution is 2.40. The van der Waals surface area contributed by atoms with Crippen LogP contribution in [-0.4, -0.2) is 66.9 Å². The van der Waals surface area contributed by atoms with E-state index >= 15 is 4.39 Å². The zero-order valence-electron chi connectivity index (χ0n) is 21.3. The first kappa shape index (κ1) is 22.4. The van der Waals surface area contributed by atoms with Crippen LogP contribution < -0.4 is 4.90 Å². The van der Waals surface area contributed by atoms with Gasteiger partial charge < -0.3 is 4.90 Å². The van der Waals surface area contributed by atoms with Crippen LogP contribution in [0.5, 0.6) is 0 Å². The lowest BCUT2D eigenvalue weighted by atomic mass is 9.99. The Labute approximate surface area is 223 Å². The smallest absolute Gasteiger partial charge is 0.164 e. The SMILES string of the molecule is CN1CC2CC1CN2c1ccc(-c2ccnc3c(-c4cccc5[nH]ncc45)c(-c4ccncc4)nn23)c(F)c1. The third-order valence-corrected chi connectivity index (χ3v) is 8.30. The van der Waals surface area contributed by atoms with Crippen molar-refractivity contribution in [2.24, 2.45) is 0 Å². The van der Waals surface area contributed by atoms with Crippen LogP contribution in [0.2, 0.25) is 0 Å². The van der Waals surface area contributed by atoms with Crippen LogP contribution in [-0.2, 0) is 0 Å². The molecule has 0 spiro atoms. The number of nitrogens with zero attached hydrogens (tertiary/aromatic N) is 7. The largest absolute Gasteiger partial charge is 0.366 e. The topological polar surface area (TPSA) is 78.2 Å². The van der Waals surface area contributed by atoms with Gasteiger partial charge in [0.1, 0.15) is 11.5 Å². The number of aromatic amines is 1. The number of H-pyrrole nitrogens is 1. The van der Waals surface area contributed by atoms with Crippen molar-refractivity contribution < 1.29 is 4.39 Å². The lowest BCUT2D eigenvalue weighted by Crippen LogP contribution is -2.44. The van der Waals surface area contributed by atoms with Crippen molar-refractivity contribution in [3.63, 3.8) is 0 Å². The van der Waals surface area contributed by atoms with Crippen molar-refractivity contribution in [1.29, 1.82) is 0 Å². The lowest BCUT2D eigenvalue weighted by Gasteiger charge is -2.33. The van der Waals surface area contributed by atoms with E-state index in [4.69, 9.17) is 10.1 Å². The van der Waals surface area contributed by atoms with Gasteiger partial charge in [0, 0.05) is 66.0 Å². The molecular weight excluding hydrogens is 491 g/mol. The van der Waals surface area contributed by atoms with Crippen LogP contribution in [0.15, 0.2) is 79.4 Å². The predicted octanol–water partition coefficient (Wildman–Crippen LogP) is 5.03. The van der Waals surface area contributed by atoms with Crippen LogP contribution in [0.1, 0.15) is 6.42 Å². The number of fused-ring (bicyclic) bond motifs is 4. The van der Waals surface area contributed by atoms with Crippen molar-refractivity contribution in [2.45, 2.75) is 18.5 Å². The molecule has 1 N–H and O–H groups in total. The van der Waals surface area contributed by atoms with Gasteiger partial charge in [0.25, 0.3) is 0 Å².